The Morgan fingerprint density at radius 2 is 1.00 bits per heavy atom. The van der Waals surface area contributed by atoms with Gasteiger partial charge in [0.2, 0.25) is 0 Å². The van der Waals surface area contributed by atoms with Crippen molar-refractivity contribution in [2.45, 2.75) is 38.5 Å². The number of carbonyl (C=O) groups is 2. The summed E-state index contributed by atoms with van der Waals surface area (Å²) in [7, 11) is 0. The van der Waals surface area contributed by atoms with Gasteiger partial charge in [-0.3, -0.25) is 0 Å². The van der Waals surface area contributed by atoms with Crippen molar-refractivity contribution in [2.24, 2.45) is 10.2 Å². The topological polar surface area (TPSA) is 83.8 Å². The van der Waals surface area contributed by atoms with Gasteiger partial charge in [-0.15, -0.1) is 10.1 Å². The minimum absolute atomic E-state index is 0.694. The lowest BCUT2D eigenvalue weighted by Gasteiger charge is -2.23. The summed E-state index contributed by atoms with van der Waals surface area (Å²) in [6.07, 6.45) is 4.45. The van der Waals surface area contributed by atoms with Crippen LogP contribution in [0, 0.1) is 0 Å². The normalized spacial score (nSPS) is 21.8. The summed E-state index contributed by atoms with van der Waals surface area (Å²) >= 11 is 0. The van der Waals surface area contributed by atoms with Crippen LogP contribution >= 0.6 is 0 Å². The zero-order valence-electron chi connectivity index (χ0n) is 11.5. The monoisotopic (exact) mass is 284 g/mol. The molecule has 0 saturated carbocycles. The van der Waals surface area contributed by atoms with Gasteiger partial charge in [0.05, 0.1) is 0 Å². The molecule has 0 spiro atoms. The van der Waals surface area contributed by atoms with E-state index in [-0.39, 0.29) is 0 Å². The fraction of sp³-hybridized carbons (Fsp3) is 0.833. The van der Waals surface area contributed by atoms with Gasteiger partial charge >= 0.3 is 12.2 Å². The number of hydroxylamine groups is 4. The summed E-state index contributed by atoms with van der Waals surface area (Å²) in [4.78, 5) is 32.6. The third kappa shape index (κ3) is 5.22. The third-order valence-electron chi connectivity index (χ3n) is 3.26. The van der Waals surface area contributed by atoms with Crippen molar-refractivity contribution in [3.05, 3.63) is 0 Å². The highest BCUT2D eigenvalue weighted by molar-refractivity contribution is 5.72. The van der Waals surface area contributed by atoms with Crippen LogP contribution in [0.5, 0.6) is 0 Å². The molecular weight excluding hydrogens is 264 g/mol. The SMILES string of the molecule is O=C(N=NC(=O)ON1CCCCC1)ON1CCCCC1. The van der Waals surface area contributed by atoms with Gasteiger partial charge in [-0.05, 0) is 25.7 Å². The van der Waals surface area contributed by atoms with Crippen molar-refractivity contribution >= 4 is 12.2 Å². The van der Waals surface area contributed by atoms with E-state index in [1.54, 1.807) is 10.1 Å². The van der Waals surface area contributed by atoms with Gasteiger partial charge in [0.15, 0.2) is 0 Å². The fourth-order valence-corrected chi connectivity index (χ4v) is 2.25. The second kappa shape index (κ2) is 7.91. The molecule has 2 saturated heterocycles. The van der Waals surface area contributed by atoms with Crippen LogP contribution in [0.1, 0.15) is 38.5 Å². The molecule has 0 aromatic carbocycles. The first-order chi connectivity index (χ1) is 9.74. The van der Waals surface area contributed by atoms with E-state index in [1.807, 2.05) is 0 Å². The van der Waals surface area contributed by atoms with Crippen LogP contribution < -0.4 is 0 Å². The maximum absolute atomic E-state index is 11.4. The van der Waals surface area contributed by atoms with E-state index in [9.17, 15) is 9.59 Å². The number of rotatable bonds is 2. The highest BCUT2D eigenvalue weighted by atomic mass is 16.7. The van der Waals surface area contributed by atoms with E-state index >= 15 is 0 Å². The van der Waals surface area contributed by atoms with Gasteiger partial charge < -0.3 is 9.68 Å². The molecule has 0 atom stereocenters. The first kappa shape index (κ1) is 14.9. The second-order valence-corrected chi connectivity index (χ2v) is 4.89. The minimum Gasteiger partial charge on any atom is -0.348 e. The van der Waals surface area contributed by atoms with Crippen LogP contribution in [0.2, 0.25) is 0 Å². The average molecular weight is 284 g/mol. The number of hydrogen-bond donors (Lipinski definition) is 0. The Hall–Kier alpha value is -1.54. The van der Waals surface area contributed by atoms with Crippen molar-refractivity contribution in [3.8, 4) is 0 Å². The lowest BCUT2D eigenvalue weighted by Crippen LogP contribution is -2.32. The predicted octanol–water partition coefficient (Wildman–Crippen LogP) is 2.51. The van der Waals surface area contributed by atoms with Crippen molar-refractivity contribution in [2.75, 3.05) is 26.2 Å². The Morgan fingerprint density at radius 3 is 1.35 bits per heavy atom. The second-order valence-electron chi connectivity index (χ2n) is 4.89. The Bertz CT molecular complexity index is 328. The van der Waals surface area contributed by atoms with Crippen molar-refractivity contribution in [3.63, 3.8) is 0 Å². The summed E-state index contributed by atoms with van der Waals surface area (Å²) in [6, 6.07) is 0. The average Bonchev–Trinajstić information content (AvgIpc) is 2.47. The number of amides is 2. The van der Waals surface area contributed by atoms with Crippen molar-refractivity contribution < 1.29 is 19.3 Å². The van der Waals surface area contributed by atoms with Gasteiger partial charge in [-0.25, -0.2) is 9.59 Å². The fourth-order valence-electron chi connectivity index (χ4n) is 2.25. The van der Waals surface area contributed by atoms with Crippen LogP contribution in [-0.2, 0) is 9.68 Å². The lowest BCUT2D eigenvalue weighted by atomic mass is 10.2. The largest absolute Gasteiger partial charge is 0.471 e. The summed E-state index contributed by atoms with van der Waals surface area (Å²) in [5, 5.41) is 9.49. The number of azo groups is 1. The van der Waals surface area contributed by atoms with Crippen LogP contribution in [0.3, 0.4) is 0 Å². The Morgan fingerprint density at radius 1 is 0.650 bits per heavy atom. The maximum atomic E-state index is 11.4. The molecule has 2 aliphatic heterocycles. The smallest absolute Gasteiger partial charge is 0.348 e. The first-order valence-corrected chi connectivity index (χ1v) is 7.09. The molecule has 0 bridgehead atoms. The van der Waals surface area contributed by atoms with E-state index < -0.39 is 12.2 Å². The van der Waals surface area contributed by atoms with Crippen LogP contribution in [-0.4, -0.2) is 48.5 Å². The minimum atomic E-state index is -0.887. The molecular formula is C12H20N4O4. The van der Waals surface area contributed by atoms with E-state index in [1.165, 1.54) is 0 Å². The quantitative estimate of drug-likeness (QED) is 0.724. The third-order valence-corrected chi connectivity index (χ3v) is 3.26. The predicted molar refractivity (Wildman–Crippen MR) is 68.7 cm³/mol. The van der Waals surface area contributed by atoms with Gasteiger partial charge in [0, 0.05) is 26.2 Å². The maximum Gasteiger partial charge on any atom is 0.471 e. The Kier molecular flexibility index (Phi) is 5.87. The van der Waals surface area contributed by atoms with E-state index in [2.05, 4.69) is 10.2 Å². The molecule has 2 rings (SSSR count). The number of piperidine rings is 2. The van der Waals surface area contributed by atoms with Crippen molar-refractivity contribution in [1.82, 2.24) is 10.1 Å². The number of carbonyl (C=O) groups excluding carboxylic acids is 2. The highest BCUT2D eigenvalue weighted by Gasteiger charge is 2.17. The molecule has 2 fully saturated rings. The number of nitrogens with zero attached hydrogens (tertiary/aromatic N) is 4. The van der Waals surface area contributed by atoms with E-state index in [4.69, 9.17) is 9.68 Å². The van der Waals surface area contributed by atoms with E-state index in [0.717, 1.165) is 38.5 Å². The van der Waals surface area contributed by atoms with E-state index in [0.29, 0.717) is 26.2 Å². The highest BCUT2D eigenvalue weighted by Crippen LogP contribution is 2.11. The standard InChI is InChI=1S/C12H20N4O4/c17-11(19-15-7-3-1-4-8-15)13-14-12(18)20-16-9-5-2-6-10-16/h1-10H2. The molecule has 2 heterocycles. The first-order valence-electron chi connectivity index (χ1n) is 7.09. The zero-order chi connectivity index (χ0) is 14.2. The molecule has 2 aliphatic rings. The van der Waals surface area contributed by atoms with Crippen LogP contribution in [0.4, 0.5) is 9.59 Å². The van der Waals surface area contributed by atoms with Gasteiger partial charge in [0.1, 0.15) is 0 Å². The lowest BCUT2D eigenvalue weighted by molar-refractivity contribution is -0.111. The van der Waals surface area contributed by atoms with Crippen molar-refractivity contribution in [1.29, 1.82) is 0 Å². The van der Waals surface area contributed by atoms with Crippen LogP contribution in [0.25, 0.3) is 0 Å². The van der Waals surface area contributed by atoms with Gasteiger partial charge in [-0.1, -0.05) is 23.1 Å². The Labute approximate surface area is 117 Å². The van der Waals surface area contributed by atoms with Crippen LogP contribution in [0.15, 0.2) is 10.2 Å². The van der Waals surface area contributed by atoms with Gasteiger partial charge in [-0.2, -0.15) is 0 Å². The molecule has 2 amide bonds. The number of hydrogen-bond acceptors (Lipinski definition) is 6. The molecule has 20 heavy (non-hydrogen) atoms. The molecule has 0 aromatic heterocycles. The summed E-state index contributed by atoms with van der Waals surface area (Å²) in [5.41, 5.74) is 0. The summed E-state index contributed by atoms with van der Waals surface area (Å²) in [5.74, 6) is 0. The van der Waals surface area contributed by atoms with Gasteiger partial charge in [0.25, 0.3) is 0 Å². The summed E-state index contributed by atoms with van der Waals surface area (Å²) in [6.45, 7) is 2.78. The molecule has 8 nitrogen and oxygen atoms in total. The molecule has 0 aromatic rings. The molecule has 0 unspecified atom stereocenters. The summed E-state index contributed by atoms with van der Waals surface area (Å²) < 4.78 is 0. The molecule has 112 valence electrons. The molecule has 8 heteroatoms. The molecule has 0 radical (unpaired) electrons. The zero-order valence-corrected chi connectivity index (χ0v) is 11.5. The molecule has 0 aliphatic carbocycles. The molecule has 0 N–H and O–H groups in total. The Balaban J connectivity index is 1.67.